The quantitative estimate of drug-likeness (QED) is 0.818. The van der Waals surface area contributed by atoms with E-state index >= 15 is 0 Å². The number of hydrogen-bond donors (Lipinski definition) is 1. The van der Waals surface area contributed by atoms with Crippen LogP contribution < -0.4 is 9.64 Å². The molecule has 0 aliphatic rings. The normalized spacial score (nSPS) is 11.8. The minimum Gasteiger partial charge on any atom is -0.496 e. The van der Waals surface area contributed by atoms with E-state index in [-0.39, 0.29) is 0 Å². The Balaban J connectivity index is 2.50. The summed E-state index contributed by atoms with van der Waals surface area (Å²) in [5.74, 6) is -1.06. The van der Waals surface area contributed by atoms with Crippen LogP contribution in [-0.2, 0) is 4.79 Å². The maximum atomic E-state index is 11.9. The minimum absolute atomic E-state index is 0.581. The van der Waals surface area contributed by atoms with Gasteiger partial charge in [0.2, 0.25) is 0 Å². The van der Waals surface area contributed by atoms with Gasteiger partial charge in [0.25, 0.3) is 0 Å². The minimum atomic E-state index is -0.891. The molecule has 0 saturated carbocycles. The molecule has 2 aromatic carbocycles. The number of rotatable bonds is 6. The first-order valence-corrected chi connectivity index (χ1v) is 8.42. The van der Waals surface area contributed by atoms with Crippen molar-refractivity contribution in [1.82, 2.24) is 0 Å². The van der Waals surface area contributed by atoms with E-state index in [2.05, 4.69) is 0 Å². The van der Waals surface area contributed by atoms with E-state index in [0.29, 0.717) is 11.3 Å². The number of ether oxygens (including phenoxy) is 1. The summed E-state index contributed by atoms with van der Waals surface area (Å²) in [6.07, 6.45) is 1.99. The number of carbonyl (C=O) groups is 1. The number of aliphatic carboxylic acids is 1. The van der Waals surface area contributed by atoms with Crippen molar-refractivity contribution in [2.45, 2.75) is 10.8 Å². The monoisotopic (exact) mass is 331 g/mol. The smallest absolute Gasteiger partial charge is 0.315 e. The average molecular weight is 331 g/mol. The van der Waals surface area contributed by atoms with Crippen molar-refractivity contribution in [2.75, 3.05) is 32.4 Å². The van der Waals surface area contributed by atoms with E-state index < -0.39 is 11.9 Å². The van der Waals surface area contributed by atoms with Gasteiger partial charge in [0, 0.05) is 36.3 Å². The second-order valence-corrected chi connectivity index (χ2v) is 6.24. The van der Waals surface area contributed by atoms with Crippen LogP contribution in [0.1, 0.15) is 17.0 Å². The molecule has 0 fully saturated rings. The van der Waals surface area contributed by atoms with Gasteiger partial charge in [-0.15, -0.1) is 11.8 Å². The number of carboxylic acids is 1. The summed E-state index contributed by atoms with van der Waals surface area (Å²) in [5, 5.41) is 9.73. The second-order valence-electron chi connectivity index (χ2n) is 5.37. The Kier molecular flexibility index (Phi) is 5.55. The number of carboxylic acid groups (broad SMARTS) is 1. The molecular weight excluding hydrogens is 310 g/mol. The summed E-state index contributed by atoms with van der Waals surface area (Å²) in [6.45, 7) is 0. The standard InChI is InChI=1S/C18H21NO3S/c1-19(2)13-7-10-15(16(11-13)22-3)17(18(20)21)12-5-8-14(23-4)9-6-12/h5-11,17H,1-4H3,(H,20,21). The maximum absolute atomic E-state index is 11.9. The molecule has 0 aliphatic heterocycles. The summed E-state index contributed by atoms with van der Waals surface area (Å²) in [4.78, 5) is 14.9. The molecule has 1 N–H and O–H groups in total. The zero-order valence-corrected chi connectivity index (χ0v) is 14.6. The van der Waals surface area contributed by atoms with Gasteiger partial charge in [-0.2, -0.15) is 0 Å². The van der Waals surface area contributed by atoms with E-state index in [9.17, 15) is 9.90 Å². The Hall–Kier alpha value is -2.14. The number of nitrogens with zero attached hydrogens (tertiary/aromatic N) is 1. The number of hydrogen-bond acceptors (Lipinski definition) is 4. The van der Waals surface area contributed by atoms with Crippen LogP contribution in [0.15, 0.2) is 47.4 Å². The number of benzene rings is 2. The Bertz CT molecular complexity index is 683. The highest BCUT2D eigenvalue weighted by Crippen LogP contribution is 2.35. The molecule has 0 aliphatic carbocycles. The Morgan fingerprint density at radius 2 is 1.83 bits per heavy atom. The Morgan fingerprint density at radius 1 is 1.17 bits per heavy atom. The maximum Gasteiger partial charge on any atom is 0.315 e. The van der Waals surface area contributed by atoms with E-state index in [4.69, 9.17) is 4.74 Å². The summed E-state index contributed by atoms with van der Waals surface area (Å²) in [7, 11) is 5.43. The molecule has 0 aromatic heterocycles. The zero-order chi connectivity index (χ0) is 17.0. The predicted molar refractivity (Wildman–Crippen MR) is 95.0 cm³/mol. The van der Waals surface area contributed by atoms with Gasteiger partial charge >= 0.3 is 5.97 Å². The molecule has 0 amide bonds. The fraction of sp³-hybridized carbons (Fsp3) is 0.278. The second kappa shape index (κ2) is 7.42. The van der Waals surface area contributed by atoms with Gasteiger partial charge < -0.3 is 14.7 Å². The lowest BCUT2D eigenvalue weighted by Gasteiger charge is -2.20. The molecule has 0 saturated heterocycles. The van der Waals surface area contributed by atoms with Gasteiger partial charge in [0.15, 0.2) is 0 Å². The van der Waals surface area contributed by atoms with Gasteiger partial charge in [-0.25, -0.2) is 0 Å². The SMILES string of the molecule is COc1cc(N(C)C)ccc1C(C(=O)O)c1ccc(SC)cc1. The van der Waals surface area contributed by atoms with Gasteiger partial charge in [0.1, 0.15) is 11.7 Å². The van der Waals surface area contributed by atoms with Gasteiger partial charge in [-0.3, -0.25) is 4.79 Å². The predicted octanol–water partition coefficient (Wildman–Crippen LogP) is 3.70. The highest BCUT2D eigenvalue weighted by Gasteiger charge is 2.25. The fourth-order valence-corrected chi connectivity index (χ4v) is 2.88. The van der Waals surface area contributed by atoms with Crippen LogP contribution in [0.2, 0.25) is 0 Å². The molecule has 2 aromatic rings. The van der Waals surface area contributed by atoms with Crippen LogP contribution in [0.3, 0.4) is 0 Å². The number of anilines is 1. The van der Waals surface area contributed by atoms with E-state index in [1.165, 1.54) is 0 Å². The highest BCUT2D eigenvalue weighted by atomic mass is 32.2. The highest BCUT2D eigenvalue weighted by molar-refractivity contribution is 7.98. The molecule has 122 valence electrons. The molecular formula is C18H21NO3S. The first-order chi connectivity index (χ1) is 11.0. The summed E-state index contributed by atoms with van der Waals surface area (Å²) < 4.78 is 5.44. The van der Waals surface area contributed by atoms with Crippen molar-refractivity contribution in [3.8, 4) is 5.75 Å². The van der Waals surface area contributed by atoms with Crippen LogP contribution in [0.5, 0.6) is 5.75 Å². The van der Waals surface area contributed by atoms with Gasteiger partial charge in [0.05, 0.1) is 7.11 Å². The molecule has 23 heavy (non-hydrogen) atoms. The largest absolute Gasteiger partial charge is 0.496 e. The molecule has 2 rings (SSSR count). The zero-order valence-electron chi connectivity index (χ0n) is 13.7. The van der Waals surface area contributed by atoms with Crippen molar-refractivity contribution >= 4 is 23.4 Å². The molecule has 0 radical (unpaired) electrons. The number of thioether (sulfide) groups is 1. The molecule has 0 heterocycles. The van der Waals surface area contributed by atoms with E-state index in [1.807, 2.05) is 67.7 Å². The van der Waals surface area contributed by atoms with Crippen LogP contribution in [0, 0.1) is 0 Å². The molecule has 1 atom stereocenters. The topological polar surface area (TPSA) is 49.8 Å². The lowest BCUT2D eigenvalue weighted by molar-refractivity contribution is -0.137. The van der Waals surface area contributed by atoms with Crippen molar-refractivity contribution < 1.29 is 14.6 Å². The van der Waals surface area contributed by atoms with Crippen molar-refractivity contribution in [2.24, 2.45) is 0 Å². The summed E-state index contributed by atoms with van der Waals surface area (Å²) in [6, 6.07) is 13.2. The molecule has 0 bridgehead atoms. The third kappa shape index (κ3) is 3.79. The van der Waals surface area contributed by atoms with E-state index in [1.54, 1.807) is 18.9 Å². The van der Waals surface area contributed by atoms with Gasteiger partial charge in [-0.1, -0.05) is 18.2 Å². The molecule has 5 heteroatoms. The molecule has 1 unspecified atom stereocenters. The number of methoxy groups -OCH3 is 1. The van der Waals surface area contributed by atoms with Crippen LogP contribution in [0.4, 0.5) is 5.69 Å². The van der Waals surface area contributed by atoms with Crippen molar-refractivity contribution in [3.05, 3.63) is 53.6 Å². The third-order valence-electron chi connectivity index (χ3n) is 3.74. The van der Waals surface area contributed by atoms with Crippen LogP contribution in [-0.4, -0.2) is 38.5 Å². The van der Waals surface area contributed by atoms with Crippen LogP contribution >= 0.6 is 11.8 Å². The Morgan fingerprint density at radius 3 is 2.30 bits per heavy atom. The lowest BCUT2D eigenvalue weighted by Crippen LogP contribution is -2.15. The summed E-state index contributed by atoms with van der Waals surface area (Å²) >= 11 is 1.63. The molecule has 4 nitrogen and oxygen atoms in total. The third-order valence-corrected chi connectivity index (χ3v) is 4.48. The van der Waals surface area contributed by atoms with E-state index in [0.717, 1.165) is 16.1 Å². The average Bonchev–Trinajstić information content (AvgIpc) is 2.55. The fourth-order valence-electron chi connectivity index (χ4n) is 2.47. The van der Waals surface area contributed by atoms with Crippen LogP contribution in [0.25, 0.3) is 0 Å². The Labute approximate surface area is 141 Å². The van der Waals surface area contributed by atoms with Crippen molar-refractivity contribution in [3.63, 3.8) is 0 Å². The van der Waals surface area contributed by atoms with Gasteiger partial charge in [-0.05, 0) is 30.0 Å². The molecule has 0 spiro atoms. The van der Waals surface area contributed by atoms with Crippen molar-refractivity contribution in [1.29, 1.82) is 0 Å². The first kappa shape index (κ1) is 17.2. The first-order valence-electron chi connectivity index (χ1n) is 7.20. The summed E-state index contributed by atoms with van der Waals surface area (Å²) in [5.41, 5.74) is 2.36. The lowest BCUT2D eigenvalue weighted by atomic mass is 9.90.